The Morgan fingerprint density at radius 3 is 1.88 bits per heavy atom. The maximum atomic E-state index is 12.4. The molecule has 33 heavy (non-hydrogen) atoms. The Morgan fingerprint density at radius 2 is 1.30 bits per heavy atom. The normalized spacial score (nSPS) is 11.3. The molecule has 0 aliphatic rings. The third-order valence-electron chi connectivity index (χ3n) is 6.07. The SMILES string of the molecule is CCCCCCCCCCCCCCCSc1ccc(C(=O)/C=C/c2ccccc2N)cc1. The predicted octanol–water partition coefficient (Wildman–Crippen LogP) is 9.35. The van der Waals surface area contributed by atoms with Crippen LogP contribution >= 0.6 is 11.8 Å². The maximum Gasteiger partial charge on any atom is 0.185 e. The largest absolute Gasteiger partial charge is 0.398 e. The van der Waals surface area contributed by atoms with Crippen LogP contribution in [0.3, 0.4) is 0 Å². The number of carbonyl (C=O) groups is 1. The number of anilines is 1. The van der Waals surface area contributed by atoms with Crippen LogP contribution in [0.15, 0.2) is 59.5 Å². The van der Waals surface area contributed by atoms with E-state index in [-0.39, 0.29) is 5.78 Å². The van der Waals surface area contributed by atoms with E-state index in [1.165, 1.54) is 88.4 Å². The van der Waals surface area contributed by atoms with Crippen LogP contribution in [0.4, 0.5) is 5.69 Å². The van der Waals surface area contributed by atoms with Gasteiger partial charge in [-0.25, -0.2) is 0 Å². The minimum Gasteiger partial charge on any atom is -0.398 e. The van der Waals surface area contributed by atoms with Gasteiger partial charge in [0.25, 0.3) is 0 Å². The average molecular weight is 466 g/mol. The summed E-state index contributed by atoms with van der Waals surface area (Å²) in [6.45, 7) is 2.28. The molecule has 0 fully saturated rings. The molecular weight excluding hydrogens is 422 g/mol. The third-order valence-corrected chi connectivity index (χ3v) is 7.16. The number of nitrogens with two attached hydrogens (primary N) is 1. The van der Waals surface area contributed by atoms with Gasteiger partial charge in [0.05, 0.1) is 0 Å². The van der Waals surface area contributed by atoms with Crippen molar-refractivity contribution in [3.8, 4) is 0 Å². The van der Waals surface area contributed by atoms with Crippen LogP contribution in [0.2, 0.25) is 0 Å². The minimum atomic E-state index is 0.00583. The van der Waals surface area contributed by atoms with Crippen molar-refractivity contribution in [2.24, 2.45) is 0 Å². The van der Waals surface area contributed by atoms with Gasteiger partial charge in [-0.1, -0.05) is 102 Å². The number of nitrogen functional groups attached to an aromatic ring is 1. The molecule has 0 saturated heterocycles. The molecule has 2 rings (SSSR count). The Bertz CT molecular complexity index is 812. The summed E-state index contributed by atoms with van der Waals surface area (Å²) in [7, 11) is 0. The van der Waals surface area contributed by atoms with Crippen molar-refractivity contribution >= 4 is 29.3 Å². The quantitative estimate of drug-likeness (QED) is 0.0784. The molecule has 0 aliphatic heterocycles. The molecule has 0 aliphatic carbocycles. The topological polar surface area (TPSA) is 43.1 Å². The first-order chi connectivity index (χ1) is 16.2. The van der Waals surface area contributed by atoms with E-state index in [9.17, 15) is 4.79 Å². The molecule has 2 N–H and O–H groups in total. The molecule has 3 heteroatoms. The van der Waals surface area contributed by atoms with Crippen molar-refractivity contribution in [3.05, 3.63) is 65.7 Å². The molecule has 0 unspecified atom stereocenters. The zero-order chi connectivity index (χ0) is 23.6. The van der Waals surface area contributed by atoms with E-state index in [0.717, 1.165) is 11.3 Å². The first-order valence-electron chi connectivity index (χ1n) is 13.0. The molecule has 2 aromatic rings. The van der Waals surface area contributed by atoms with E-state index in [2.05, 4.69) is 19.1 Å². The summed E-state index contributed by atoms with van der Waals surface area (Å²) < 4.78 is 0. The van der Waals surface area contributed by atoms with Crippen molar-refractivity contribution in [1.29, 1.82) is 0 Å². The monoisotopic (exact) mass is 465 g/mol. The van der Waals surface area contributed by atoms with Gasteiger partial charge in [-0.05, 0) is 60.2 Å². The van der Waals surface area contributed by atoms with Gasteiger partial charge in [0.1, 0.15) is 0 Å². The summed E-state index contributed by atoms with van der Waals surface area (Å²) in [4.78, 5) is 13.6. The smallest absolute Gasteiger partial charge is 0.185 e. The average Bonchev–Trinajstić information content (AvgIpc) is 2.84. The van der Waals surface area contributed by atoms with Crippen LogP contribution in [-0.4, -0.2) is 11.5 Å². The lowest BCUT2D eigenvalue weighted by Gasteiger charge is -2.04. The highest BCUT2D eigenvalue weighted by Gasteiger charge is 2.03. The van der Waals surface area contributed by atoms with Crippen molar-refractivity contribution < 1.29 is 4.79 Å². The van der Waals surface area contributed by atoms with Crippen LogP contribution in [0.5, 0.6) is 0 Å². The van der Waals surface area contributed by atoms with Crippen LogP contribution in [0.1, 0.15) is 106 Å². The molecule has 180 valence electrons. The summed E-state index contributed by atoms with van der Waals surface area (Å²) in [6, 6.07) is 15.5. The van der Waals surface area contributed by atoms with Crippen molar-refractivity contribution in [1.82, 2.24) is 0 Å². The number of hydrogen-bond donors (Lipinski definition) is 1. The Kier molecular flexibility index (Phi) is 14.4. The molecule has 0 heterocycles. The zero-order valence-electron chi connectivity index (χ0n) is 20.6. The number of para-hydroxylation sites is 1. The molecule has 0 saturated carbocycles. The number of benzene rings is 2. The number of hydrogen-bond acceptors (Lipinski definition) is 3. The van der Waals surface area contributed by atoms with Gasteiger partial charge in [-0.2, -0.15) is 0 Å². The fraction of sp³-hybridized carbons (Fsp3) is 0.500. The predicted molar refractivity (Wildman–Crippen MR) is 147 cm³/mol. The van der Waals surface area contributed by atoms with Crippen molar-refractivity contribution in [2.45, 2.75) is 95.3 Å². The molecule has 0 spiro atoms. The Morgan fingerprint density at radius 1 is 0.758 bits per heavy atom. The van der Waals surface area contributed by atoms with Gasteiger partial charge in [0.2, 0.25) is 0 Å². The summed E-state index contributed by atoms with van der Waals surface area (Å²) in [5, 5.41) is 0. The molecule has 0 amide bonds. The van der Waals surface area contributed by atoms with Gasteiger partial charge in [-0.15, -0.1) is 11.8 Å². The van der Waals surface area contributed by atoms with Gasteiger partial charge in [0, 0.05) is 16.1 Å². The Labute approximate surface area is 206 Å². The summed E-state index contributed by atoms with van der Waals surface area (Å²) in [5.41, 5.74) is 8.19. The molecule has 0 bridgehead atoms. The van der Waals surface area contributed by atoms with E-state index >= 15 is 0 Å². The fourth-order valence-electron chi connectivity index (χ4n) is 3.95. The number of allylic oxidation sites excluding steroid dienone is 1. The molecular formula is C30H43NOS. The molecule has 0 aromatic heterocycles. The van der Waals surface area contributed by atoms with Gasteiger partial charge < -0.3 is 5.73 Å². The highest BCUT2D eigenvalue weighted by Crippen LogP contribution is 2.21. The van der Waals surface area contributed by atoms with Crippen LogP contribution < -0.4 is 5.73 Å². The van der Waals surface area contributed by atoms with Crippen LogP contribution in [-0.2, 0) is 0 Å². The zero-order valence-corrected chi connectivity index (χ0v) is 21.4. The lowest BCUT2D eigenvalue weighted by Crippen LogP contribution is -1.94. The first kappa shape index (κ1) is 27.2. The molecule has 2 aromatic carbocycles. The molecule has 2 nitrogen and oxygen atoms in total. The fourth-order valence-corrected chi connectivity index (χ4v) is 4.86. The number of carbonyl (C=O) groups excluding carboxylic acids is 1. The number of ketones is 1. The third kappa shape index (κ3) is 12.1. The van der Waals surface area contributed by atoms with Crippen LogP contribution in [0, 0.1) is 0 Å². The van der Waals surface area contributed by atoms with Gasteiger partial charge in [-0.3, -0.25) is 4.79 Å². The number of rotatable bonds is 18. The highest BCUT2D eigenvalue weighted by molar-refractivity contribution is 7.99. The first-order valence-corrected chi connectivity index (χ1v) is 14.0. The van der Waals surface area contributed by atoms with Gasteiger partial charge in [0.15, 0.2) is 5.78 Å². The second-order valence-corrected chi connectivity index (χ2v) is 10.1. The minimum absolute atomic E-state index is 0.00583. The number of unbranched alkanes of at least 4 members (excludes halogenated alkanes) is 12. The second-order valence-electron chi connectivity index (χ2n) is 8.94. The summed E-state index contributed by atoms with van der Waals surface area (Å²) in [5.74, 6) is 1.16. The summed E-state index contributed by atoms with van der Waals surface area (Å²) in [6.07, 6.45) is 21.5. The van der Waals surface area contributed by atoms with E-state index < -0.39 is 0 Å². The Hall–Kier alpha value is -2.00. The number of thioether (sulfide) groups is 1. The highest BCUT2D eigenvalue weighted by atomic mass is 32.2. The van der Waals surface area contributed by atoms with E-state index in [1.54, 1.807) is 12.2 Å². The van der Waals surface area contributed by atoms with Crippen LogP contribution in [0.25, 0.3) is 6.08 Å². The summed E-state index contributed by atoms with van der Waals surface area (Å²) >= 11 is 1.89. The maximum absolute atomic E-state index is 12.4. The lowest BCUT2D eigenvalue weighted by atomic mass is 10.1. The molecule has 0 atom stereocenters. The Balaban J connectivity index is 1.51. The van der Waals surface area contributed by atoms with Gasteiger partial charge >= 0.3 is 0 Å². The van der Waals surface area contributed by atoms with E-state index in [0.29, 0.717) is 11.3 Å². The van der Waals surface area contributed by atoms with E-state index in [4.69, 9.17) is 5.73 Å². The van der Waals surface area contributed by atoms with Crippen molar-refractivity contribution in [2.75, 3.05) is 11.5 Å². The van der Waals surface area contributed by atoms with E-state index in [1.807, 2.05) is 48.2 Å². The van der Waals surface area contributed by atoms with Crippen molar-refractivity contribution in [3.63, 3.8) is 0 Å². The second kappa shape index (κ2) is 17.5. The molecule has 0 radical (unpaired) electrons. The lowest BCUT2D eigenvalue weighted by molar-refractivity contribution is 0.104. The standard InChI is InChI=1S/C30H43NOS/c1-2-3-4-5-6-7-8-9-10-11-12-13-16-25-33-28-22-19-27(20-23-28)30(32)24-21-26-17-14-15-18-29(26)31/h14-15,17-24H,2-13,16,25,31H2,1H3/b24-21+.